The summed E-state index contributed by atoms with van der Waals surface area (Å²) in [4.78, 5) is 27.6. The molecule has 3 aliphatic rings. The minimum Gasteiger partial charge on any atom is -0.467 e. The standard InChI is InChI=1S/C32H37ClN2O4/c1-30(2,3)39-29(37)35-18-12-22(13-19-35)27-20-23-8-5-6-11-26(23)31(27)14-16-32(17-15-31,28(36)38-4)34-25-10-7-9-24(33)21-25/h5-12,20-21,34H,13-19H2,1-4H3. The number of hydrogen-bond donors (Lipinski definition) is 1. The largest absolute Gasteiger partial charge is 0.467 e. The van der Waals surface area contributed by atoms with E-state index in [0.717, 1.165) is 24.9 Å². The molecule has 39 heavy (non-hydrogen) atoms. The minimum atomic E-state index is -0.832. The Kier molecular flexibility index (Phi) is 7.27. The predicted octanol–water partition coefficient (Wildman–Crippen LogP) is 7.14. The van der Waals surface area contributed by atoms with E-state index < -0.39 is 11.1 Å². The highest BCUT2D eigenvalue weighted by molar-refractivity contribution is 6.30. The van der Waals surface area contributed by atoms with Crippen LogP contribution in [0.1, 0.15) is 64.0 Å². The molecule has 0 atom stereocenters. The summed E-state index contributed by atoms with van der Waals surface area (Å²) in [6, 6.07) is 16.1. The van der Waals surface area contributed by atoms with Gasteiger partial charge in [0.25, 0.3) is 0 Å². The fraction of sp³-hybridized carbons (Fsp3) is 0.438. The normalized spacial score (nSPS) is 24.5. The number of nitrogens with zero attached hydrogens (tertiary/aromatic N) is 1. The van der Waals surface area contributed by atoms with Crippen molar-refractivity contribution in [3.8, 4) is 0 Å². The Balaban J connectivity index is 1.42. The van der Waals surface area contributed by atoms with Crippen LogP contribution in [0.15, 0.2) is 65.8 Å². The molecule has 5 rings (SSSR count). The molecule has 0 bridgehead atoms. The lowest BCUT2D eigenvalue weighted by molar-refractivity contribution is -0.147. The number of allylic oxidation sites excluding steroid dienone is 1. The molecule has 206 valence electrons. The average molecular weight is 549 g/mol. The molecule has 0 saturated heterocycles. The summed E-state index contributed by atoms with van der Waals surface area (Å²) in [5.41, 5.74) is 4.41. The lowest BCUT2D eigenvalue weighted by Gasteiger charge is -2.46. The van der Waals surface area contributed by atoms with Crippen LogP contribution in [-0.2, 0) is 19.7 Å². The molecule has 1 amide bonds. The van der Waals surface area contributed by atoms with Crippen LogP contribution in [0.25, 0.3) is 6.08 Å². The topological polar surface area (TPSA) is 67.9 Å². The first-order valence-corrected chi connectivity index (χ1v) is 14.0. The van der Waals surface area contributed by atoms with E-state index in [1.807, 2.05) is 45.0 Å². The Morgan fingerprint density at radius 2 is 1.77 bits per heavy atom. The van der Waals surface area contributed by atoms with Gasteiger partial charge in [-0.15, -0.1) is 0 Å². The third-order valence-electron chi connectivity index (χ3n) is 8.24. The molecule has 1 saturated carbocycles. The highest BCUT2D eigenvalue weighted by Gasteiger charge is 2.52. The summed E-state index contributed by atoms with van der Waals surface area (Å²) in [7, 11) is 1.45. The van der Waals surface area contributed by atoms with E-state index in [9.17, 15) is 9.59 Å². The third kappa shape index (κ3) is 5.31. The second-order valence-corrected chi connectivity index (χ2v) is 12.3. The Labute approximate surface area is 236 Å². The summed E-state index contributed by atoms with van der Waals surface area (Å²) in [6.45, 7) is 6.81. The number of esters is 1. The molecule has 1 N–H and O–H groups in total. The summed E-state index contributed by atoms with van der Waals surface area (Å²) < 4.78 is 10.9. The van der Waals surface area contributed by atoms with Crippen molar-refractivity contribution in [1.82, 2.24) is 4.90 Å². The Morgan fingerprint density at radius 1 is 1.03 bits per heavy atom. The van der Waals surface area contributed by atoms with E-state index >= 15 is 0 Å². The predicted molar refractivity (Wildman–Crippen MR) is 155 cm³/mol. The first-order chi connectivity index (χ1) is 18.6. The maximum Gasteiger partial charge on any atom is 0.410 e. The van der Waals surface area contributed by atoms with Crippen LogP contribution in [0.5, 0.6) is 0 Å². The molecule has 1 spiro atoms. The average Bonchev–Trinajstić information content (AvgIpc) is 3.23. The molecule has 1 fully saturated rings. The van der Waals surface area contributed by atoms with Gasteiger partial charge in [0, 0.05) is 29.2 Å². The molecule has 2 aliphatic carbocycles. The summed E-state index contributed by atoms with van der Waals surface area (Å²) in [6.07, 6.45) is 7.83. The monoisotopic (exact) mass is 548 g/mol. The smallest absolute Gasteiger partial charge is 0.410 e. The number of amides is 1. The molecule has 0 aromatic heterocycles. The summed E-state index contributed by atoms with van der Waals surface area (Å²) >= 11 is 6.24. The van der Waals surface area contributed by atoms with Crippen molar-refractivity contribution in [2.45, 2.75) is 69.4 Å². The van der Waals surface area contributed by atoms with E-state index in [-0.39, 0.29) is 17.5 Å². The Bertz CT molecular complexity index is 1330. The van der Waals surface area contributed by atoms with Crippen molar-refractivity contribution in [3.05, 3.63) is 81.9 Å². The number of methoxy groups -OCH3 is 1. The fourth-order valence-corrected chi connectivity index (χ4v) is 6.55. The number of carbonyl (C=O) groups excluding carboxylic acids is 2. The molecular weight excluding hydrogens is 512 g/mol. The van der Waals surface area contributed by atoms with Gasteiger partial charge < -0.3 is 19.7 Å². The first-order valence-electron chi connectivity index (χ1n) is 13.7. The van der Waals surface area contributed by atoms with Crippen molar-refractivity contribution in [3.63, 3.8) is 0 Å². The van der Waals surface area contributed by atoms with Gasteiger partial charge in [0.2, 0.25) is 0 Å². The first kappa shape index (κ1) is 27.3. The lowest BCUT2D eigenvalue weighted by atomic mass is 9.61. The maximum atomic E-state index is 13.2. The zero-order valence-electron chi connectivity index (χ0n) is 23.2. The molecule has 6 nitrogen and oxygen atoms in total. The van der Waals surface area contributed by atoms with Crippen LogP contribution in [0, 0.1) is 0 Å². The van der Waals surface area contributed by atoms with Crippen molar-refractivity contribution in [2.24, 2.45) is 0 Å². The van der Waals surface area contributed by atoms with E-state index in [1.54, 1.807) is 4.90 Å². The second-order valence-electron chi connectivity index (χ2n) is 11.8. The number of hydrogen-bond acceptors (Lipinski definition) is 5. The van der Waals surface area contributed by atoms with Gasteiger partial charge in [-0.05, 0) is 93.3 Å². The zero-order chi connectivity index (χ0) is 27.8. The van der Waals surface area contributed by atoms with Gasteiger partial charge in [-0.25, -0.2) is 9.59 Å². The number of benzene rings is 2. The van der Waals surface area contributed by atoms with E-state index in [1.165, 1.54) is 29.4 Å². The van der Waals surface area contributed by atoms with Gasteiger partial charge >= 0.3 is 12.1 Å². The number of rotatable bonds is 4. The molecular formula is C32H37ClN2O4. The van der Waals surface area contributed by atoms with Crippen molar-refractivity contribution in [1.29, 1.82) is 0 Å². The molecule has 1 heterocycles. The number of ether oxygens (including phenoxy) is 2. The maximum absolute atomic E-state index is 13.2. The molecule has 1 aliphatic heterocycles. The van der Waals surface area contributed by atoms with Crippen molar-refractivity contribution < 1.29 is 19.1 Å². The lowest BCUT2D eigenvalue weighted by Crippen LogP contribution is -2.53. The number of nitrogens with one attached hydrogen (secondary N) is 1. The minimum absolute atomic E-state index is 0.190. The van der Waals surface area contributed by atoms with Crippen LogP contribution in [0.2, 0.25) is 5.02 Å². The second kappa shape index (κ2) is 10.4. The van der Waals surface area contributed by atoms with Crippen LogP contribution >= 0.6 is 11.6 Å². The van der Waals surface area contributed by atoms with Gasteiger partial charge in [-0.2, -0.15) is 0 Å². The quantitative estimate of drug-likeness (QED) is 0.411. The van der Waals surface area contributed by atoms with E-state index in [4.69, 9.17) is 21.1 Å². The SMILES string of the molecule is COC(=O)C1(Nc2cccc(Cl)c2)CCC2(CC1)C(C1=CCN(C(=O)OC(C)(C)C)CC1)=Cc1ccccc12. The van der Waals surface area contributed by atoms with Crippen molar-refractivity contribution in [2.75, 3.05) is 25.5 Å². The van der Waals surface area contributed by atoms with E-state index in [0.29, 0.717) is 31.0 Å². The van der Waals surface area contributed by atoms with Crippen LogP contribution in [0.4, 0.5) is 10.5 Å². The Hall–Kier alpha value is -3.25. The van der Waals surface area contributed by atoms with Gasteiger partial charge in [0.05, 0.1) is 7.11 Å². The molecule has 0 radical (unpaired) electrons. The van der Waals surface area contributed by atoms with Crippen LogP contribution < -0.4 is 5.32 Å². The number of halogens is 1. The van der Waals surface area contributed by atoms with Gasteiger partial charge in [0.1, 0.15) is 11.1 Å². The molecule has 2 aromatic rings. The molecule has 2 aromatic carbocycles. The summed E-state index contributed by atoms with van der Waals surface area (Å²) in [5.74, 6) is -0.251. The van der Waals surface area contributed by atoms with Crippen molar-refractivity contribution >= 4 is 35.4 Å². The van der Waals surface area contributed by atoms with Gasteiger partial charge in [0.15, 0.2) is 0 Å². The highest BCUT2D eigenvalue weighted by Crippen LogP contribution is 2.56. The van der Waals surface area contributed by atoms with Gasteiger partial charge in [-0.3, -0.25) is 0 Å². The number of carbonyl (C=O) groups is 2. The molecule has 0 unspecified atom stereocenters. The molecule has 7 heteroatoms. The number of anilines is 1. The Morgan fingerprint density at radius 3 is 2.41 bits per heavy atom. The summed E-state index contributed by atoms with van der Waals surface area (Å²) in [5, 5.41) is 4.11. The third-order valence-corrected chi connectivity index (χ3v) is 8.48. The zero-order valence-corrected chi connectivity index (χ0v) is 23.9. The highest BCUT2D eigenvalue weighted by atomic mass is 35.5. The number of fused-ring (bicyclic) bond motifs is 2. The van der Waals surface area contributed by atoms with Crippen LogP contribution in [0.3, 0.4) is 0 Å². The van der Waals surface area contributed by atoms with Crippen LogP contribution in [-0.4, -0.2) is 48.3 Å². The van der Waals surface area contributed by atoms with Gasteiger partial charge in [-0.1, -0.05) is 54.1 Å². The fourth-order valence-electron chi connectivity index (χ4n) is 6.36. The van der Waals surface area contributed by atoms with E-state index in [2.05, 4.69) is 41.7 Å².